The summed E-state index contributed by atoms with van der Waals surface area (Å²) >= 11 is 0. The molecule has 1 aromatic heterocycles. The second-order valence-electron chi connectivity index (χ2n) is 9.05. The fraction of sp³-hybridized carbons (Fsp3) is 0.500. The van der Waals surface area contributed by atoms with Crippen LogP contribution in [0.3, 0.4) is 0 Å². The largest absolute Gasteiger partial charge is 0.507 e. The van der Waals surface area contributed by atoms with Crippen LogP contribution >= 0.6 is 0 Å². The van der Waals surface area contributed by atoms with Gasteiger partial charge in [-0.2, -0.15) is 0 Å². The number of aryl methyl sites for hydroxylation is 2. The van der Waals surface area contributed by atoms with E-state index >= 15 is 0 Å². The SMILES string of the molecule is Cc1c[nH]c(C(=O)CCc2cc(C(C)(C)C)c(O)c(C(C)(C)C)c2)c1. The number of hydrogen-bond acceptors (Lipinski definition) is 2. The number of Topliss-reactive ketones (excluding diaryl/α,β-unsaturated/α-hetero) is 1. The number of phenolic OH excluding ortho intramolecular Hbond substituents is 1. The summed E-state index contributed by atoms with van der Waals surface area (Å²) in [7, 11) is 0. The zero-order valence-corrected chi connectivity index (χ0v) is 16.6. The van der Waals surface area contributed by atoms with Crippen molar-refractivity contribution in [2.24, 2.45) is 0 Å². The van der Waals surface area contributed by atoms with E-state index in [0.29, 0.717) is 24.3 Å². The van der Waals surface area contributed by atoms with Gasteiger partial charge in [-0.3, -0.25) is 4.79 Å². The molecule has 0 unspecified atom stereocenters. The van der Waals surface area contributed by atoms with Gasteiger partial charge in [0.15, 0.2) is 5.78 Å². The Bertz CT molecular complexity index is 735. The van der Waals surface area contributed by atoms with Gasteiger partial charge in [0.2, 0.25) is 0 Å². The van der Waals surface area contributed by atoms with Crippen molar-refractivity contribution in [3.05, 3.63) is 52.3 Å². The number of ketones is 1. The topological polar surface area (TPSA) is 53.1 Å². The minimum absolute atomic E-state index is 0.121. The van der Waals surface area contributed by atoms with E-state index in [0.717, 1.165) is 22.3 Å². The number of benzene rings is 1. The second kappa shape index (κ2) is 6.70. The van der Waals surface area contributed by atoms with Crippen LogP contribution in [0.15, 0.2) is 24.4 Å². The highest BCUT2D eigenvalue weighted by molar-refractivity contribution is 5.94. The molecule has 25 heavy (non-hydrogen) atoms. The first-order chi connectivity index (χ1) is 11.4. The number of rotatable bonds is 4. The van der Waals surface area contributed by atoms with Gasteiger partial charge in [-0.15, -0.1) is 0 Å². The highest BCUT2D eigenvalue weighted by Gasteiger charge is 2.26. The molecule has 2 rings (SSSR count). The van der Waals surface area contributed by atoms with Crippen LogP contribution < -0.4 is 0 Å². The van der Waals surface area contributed by atoms with Gasteiger partial charge in [0, 0.05) is 12.6 Å². The molecule has 3 nitrogen and oxygen atoms in total. The van der Waals surface area contributed by atoms with Crippen LogP contribution in [0.4, 0.5) is 0 Å². The molecule has 136 valence electrons. The Balaban J connectivity index is 2.33. The summed E-state index contributed by atoms with van der Waals surface area (Å²) in [5.41, 5.74) is 4.42. The standard InChI is InChI=1S/C22H31NO2/c1-14-10-18(23-13-14)19(24)9-8-15-11-16(21(2,3)4)20(25)17(12-15)22(5,6)7/h10-13,23,25H,8-9H2,1-7H3. The van der Waals surface area contributed by atoms with Gasteiger partial charge in [0.1, 0.15) is 5.75 Å². The van der Waals surface area contributed by atoms with E-state index in [9.17, 15) is 9.90 Å². The normalized spacial score (nSPS) is 12.4. The van der Waals surface area contributed by atoms with Gasteiger partial charge in [-0.05, 0) is 52.5 Å². The zero-order valence-electron chi connectivity index (χ0n) is 16.6. The van der Waals surface area contributed by atoms with Crippen LogP contribution in [0, 0.1) is 6.92 Å². The Labute approximate surface area is 151 Å². The number of H-pyrrole nitrogens is 1. The van der Waals surface area contributed by atoms with E-state index in [1.54, 1.807) is 0 Å². The number of phenols is 1. The van der Waals surface area contributed by atoms with Crippen LogP contribution in [0.2, 0.25) is 0 Å². The maximum Gasteiger partial charge on any atom is 0.179 e. The molecular weight excluding hydrogens is 310 g/mol. The molecule has 0 fully saturated rings. The molecule has 0 saturated heterocycles. The van der Waals surface area contributed by atoms with Crippen LogP contribution in [0.25, 0.3) is 0 Å². The van der Waals surface area contributed by atoms with Crippen LogP contribution in [0.1, 0.15) is 80.7 Å². The van der Waals surface area contributed by atoms with Gasteiger partial charge in [-0.25, -0.2) is 0 Å². The van der Waals surface area contributed by atoms with Gasteiger partial charge < -0.3 is 10.1 Å². The van der Waals surface area contributed by atoms with E-state index in [1.165, 1.54) is 0 Å². The van der Waals surface area contributed by atoms with E-state index in [1.807, 2.05) is 19.2 Å². The van der Waals surface area contributed by atoms with Crippen molar-refractivity contribution in [1.82, 2.24) is 4.98 Å². The Morgan fingerprint density at radius 3 is 1.92 bits per heavy atom. The number of carbonyl (C=O) groups is 1. The summed E-state index contributed by atoms with van der Waals surface area (Å²) in [5.74, 6) is 0.505. The predicted molar refractivity (Wildman–Crippen MR) is 104 cm³/mol. The molecule has 0 spiro atoms. The first kappa shape index (κ1) is 19.3. The number of hydrogen-bond donors (Lipinski definition) is 2. The molecule has 0 saturated carbocycles. The van der Waals surface area contributed by atoms with Crippen molar-refractivity contribution in [1.29, 1.82) is 0 Å². The molecule has 2 N–H and O–H groups in total. The lowest BCUT2D eigenvalue weighted by Gasteiger charge is -2.28. The lowest BCUT2D eigenvalue weighted by molar-refractivity contribution is 0.0978. The fourth-order valence-electron chi connectivity index (χ4n) is 3.04. The maximum absolute atomic E-state index is 12.4. The molecule has 1 heterocycles. The number of aromatic hydroxyl groups is 1. The summed E-state index contributed by atoms with van der Waals surface area (Å²) in [6.07, 6.45) is 2.98. The smallest absolute Gasteiger partial charge is 0.179 e. The Hall–Kier alpha value is -2.03. The number of nitrogens with one attached hydrogen (secondary N) is 1. The van der Waals surface area contributed by atoms with Crippen LogP contribution in [-0.2, 0) is 17.3 Å². The number of carbonyl (C=O) groups excluding carboxylic acids is 1. The summed E-state index contributed by atoms with van der Waals surface area (Å²) < 4.78 is 0. The highest BCUT2D eigenvalue weighted by atomic mass is 16.3. The van der Waals surface area contributed by atoms with Crippen molar-refractivity contribution >= 4 is 5.78 Å². The highest BCUT2D eigenvalue weighted by Crippen LogP contribution is 2.40. The molecule has 0 bridgehead atoms. The number of aromatic nitrogens is 1. The average Bonchev–Trinajstić information content (AvgIpc) is 2.90. The minimum atomic E-state index is -0.152. The lowest BCUT2D eigenvalue weighted by atomic mass is 9.78. The quantitative estimate of drug-likeness (QED) is 0.728. The first-order valence-corrected chi connectivity index (χ1v) is 8.94. The van der Waals surface area contributed by atoms with Crippen LogP contribution in [-0.4, -0.2) is 15.9 Å². The summed E-state index contributed by atoms with van der Waals surface area (Å²) in [6.45, 7) is 14.6. The van der Waals surface area contributed by atoms with Crippen molar-refractivity contribution in [3.63, 3.8) is 0 Å². The predicted octanol–water partition coefficient (Wildman–Crippen LogP) is 5.44. The van der Waals surface area contributed by atoms with Gasteiger partial charge in [-0.1, -0.05) is 53.7 Å². The zero-order chi connectivity index (χ0) is 19.0. The molecule has 0 atom stereocenters. The monoisotopic (exact) mass is 341 g/mol. The van der Waals surface area contributed by atoms with Crippen molar-refractivity contribution in [2.75, 3.05) is 0 Å². The summed E-state index contributed by atoms with van der Waals surface area (Å²) in [5, 5.41) is 10.8. The maximum atomic E-state index is 12.4. The third kappa shape index (κ3) is 4.53. The fourth-order valence-corrected chi connectivity index (χ4v) is 3.04. The Morgan fingerprint density at radius 1 is 1.00 bits per heavy atom. The molecule has 3 heteroatoms. The lowest BCUT2D eigenvalue weighted by Crippen LogP contribution is -2.18. The molecule has 0 amide bonds. The van der Waals surface area contributed by atoms with E-state index in [-0.39, 0.29) is 16.6 Å². The molecule has 2 aromatic rings. The van der Waals surface area contributed by atoms with E-state index < -0.39 is 0 Å². The molecule has 1 aromatic carbocycles. The first-order valence-electron chi connectivity index (χ1n) is 8.94. The molecule has 0 aliphatic rings. The minimum Gasteiger partial charge on any atom is -0.507 e. The number of aromatic amines is 1. The molecule has 0 radical (unpaired) electrons. The third-order valence-electron chi connectivity index (χ3n) is 4.55. The average molecular weight is 341 g/mol. The Kier molecular flexibility index (Phi) is 5.17. The van der Waals surface area contributed by atoms with Gasteiger partial charge in [0.25, 0.3) is 0 Å². The van der Waals surface area contributed by atoms with Crippen molar-refractivity contribution in [3.8, 4) is 5.75 Å². The van der Waals surface area contributed by atoms with Crippen molar-refractivity contribution < 1.29 is 9.90 Å². The van der Waals surface area contributed by atoms with Crippen LogP contribution in [0.5, 0.6) is 5.75 Å². The molecular formula is C22H31NO2. The van der Waals surface area contributed by atoms with Crippen molar-refractivity contribution in [2.45, 2.75) is 72.1 Å². The molecule has 0 aliphatic carbocycles. The van der Waals surface area contributed by atoms with E-state index in [2.05, 4.69) is 58.7 Å². The van der Waals surface area contributed by atoms with Gasteiger partial charge >= 0.3 is 0 Å². The second-order valence-corrected chi connectivity index (χ2v) is 9.05. The Morgan fingerprint density at radius 2 is 1.52 bits per heavy atom. The van der Waals surface area contributed by atoms with Gasteiger partial charge in [0.05, 0.1) is 5.69 Å². The summed E-state index contributed by atoms with van der Waals surface area (Å²) in [6, 6.07) is 6.00. The summed E-state index contributed by atoms with van der Waals surface area (Å²) in [4.78, 5) is 15.4. The third-order valence-corrected chi connectivity index (χ3v) is 4.55. The van der Waals surface area contributed by atoms with E-state index in [4.69, 9.17) is 0 Å². The molecule has 0 aliphatic heterocycles.